The standard InChI is InChI=1S/C18H19N3OS2/c1-12-14-5-3-4-6-16(14)24-17(12)15-11-23-18(19-15)21-9-7-20(8-10-21)13(2)22/h3-6,11H,7-10H2,1-2H3. The van der Waals surface area contributed by atoms with E-state index >= 15 is 0 Å². The summed E-state index contributed by atoms with van der Waals surface area (Å²) in [5.41, 5.74) is 2.39. The zero-order valence-corrected chi connectivity index (χ0v) is 15.4. The van der Waals surface area contributed by atoms with Gasteiger partial charge in [-0.05, 0) is 23.9 Å². The molecule has 0 atom stereocenters. The molecule has 0 unspecified atom stereocenters. The number of thiazole rings is 1. The lowest BCUT2D eigenvalue weighted by Gasteiger charge is -2.33. The van der Waals surface area contributed by atoms with E-state index in [9.17, 15) is 4.79 Å². The second kappa shape index (κ2) is 6.18. The fourth-order valence-electron chi connectivity index (χ4n) is 3.15. The molecule has 1 fully saturated rings. The Balaban J connectivity index is 1.58. The smallest absolute Gasteiger partial charge is 0.219 e. The van der Waals surface area contributed by atoms with Gasteiger partial charge in [-0.15, -0.1) is 22.7 Å². The minimum absolute atomic E-state index is 0.162. The summed E-state index contributed by atoms with van der Waals surface area (Å²) in [7, 11) is 0. The van der Waals surface area contributed by atoms with E-state index < -0.39 is 0 Å². The molecule has 0 spiro atoms. The molecule has 2 aromatic heterocycles. The Morgan fingerprint density at radius 1 is 1.17 bits per heavy atom. The molecule has 4 rings (SSSR count). The molecule has 1 saturated heterocycles. The largest absolute Gasteiger partial charge is 0.345 e. The number of amides is 1. The molecule has 124 valence electrons. The number of benzene rings is 1. The lowest BCUT2D eigenvalue weighted by molar-refractivity contribution is -0.129. The van der Waals surface area contributed by atoms with Crippen LogP contribution in [0.1, 0.15) is 12.5 Å². The first-order chi connectivity index (χ1) is 11.6. The second-order valence-corrected chi connectivity index (χ2v) is 7.95. The molecule has 1 aliphatic rings. The predicted molar refractivity (Wildman–Crippen MR) is 102 cm³/mol. The zero-order valence-electron chi connectivity index (χ0n) is 13.8. The molecular formula is C18H19N3OS2. The summed E-state index contributed by atoms with van der Waals surface area (Å²) in [6.45, 7) is 7.11. The maximum absolute atomic E-state index is 11.4. The Labute approximate surface area is 149 Å². The van der Waals surface area contributed by atoms with E-state index in [-0.39, 0.29) is 5.91 Å². The fourth-order valence-corrected chi connectivity index (χ4v) is 5.26. The molecule has 0 N–H and O–H groups in total. The van der Waals surface area contributed by atoms with Crippen LogP contribution in [0.3, 0.4) is 0 Å². The van der Waals surface area contributed by atoms with Gasteiger partial charge in [0.1, 0.15) is 0 Å². The number of anilines is 1. The zero-order chi connectivity index (χ0) is 16.7. The monoisotopic (exact) mass is 357 g/mol. The van der Waals surface area contributed by atoms with Crippen LogP contribution in [-0.4, -0.2) is 42.0 Å². The first-order valence-corrected chi connectivity index (χ1v) is 9.77. The van der Waals surface area contributed by atoms with E-state index in [1.807, 2.05) is 16.2 Å². The van der Waals surface area contributed by atoms with E-state index in [4.69, 9.17) is 4.98 Å². The van der Waals surface area contributed by atoms with Crippen LogP contribution in [0, 0.1) is 6.92 Å². The fraction of sp³-hybridized carbons (Fsp3) is 0.333. The quantitative estimate of drug-likeness (QED) is 0.695. The predicted octanol–water partition coefficient (Wildman–Crippen LogP) is 4.00. The molecule has 4 nitrogen and oxygen atoms in total. The number of fused-ring (bicyclic) bond motifs is 1. The highest BCUT2D eigenvalue weighted by Gasteiger charge is 2.21. The molecule has 1 aliphatic heterocycles. The molecule has 3 heterocycles. The minimum Gasteiger partial charge on any atom is -0.345 e. The SMILES string of the molecule is CC(=O)N1CCN(c2nc(-c3sc4ccccc4c3C)cs2)CC1. The highest BCUT2D eigenvalue weighted by atomic mass is 32.1. The number of piperazine rings is 1. The van der Waals surface area contributed by atoms with Gasteiger partial charge in [-0.25, -0.2) is 4.98 Å². The van der Waals surface area contributed by atoms with Gasteiger partial charge in [0, 0.05) is 43.2 Å². The van der Waals surface area contributed by atoms with E-state index in [0.717, 1.165) is 37.0 Å². The van der Waals surface area contributed by atoms with Crippen molar-refractivity contribution in [1.82, 2.24) is 9.88 Å². The molecule has 0 bridgehead atoms. The number of thiophene rings is 1. The van der Waals surface area contributed by atoms with Crippen molar-refractivity contribution in [3.63, 3.8) is 0 Å². The van der Waals surface area contributed by atoms with Crippen LogP contribution < -0.4 is 4.90 Å². The Morgan fingerprint density at radius 3 is 2.62 bits per heavy atom. The topological polar surface area (TPSA) is 36.4 Å². The summed E-state index contributed by atoms with van der Waals surface area (Å²) >= 11 is 3.51. The van der Waals surface area contributed by atoms with Crippen LogP contribution in [0.5, 0.6) is 0 Å². The van der Waals surface area contributed by atoms with Crippen LogP contribution in [0.2, 0.25) is 0 Å². The third-order valence-electron chi connectivity index (χ3n) is 4.56. The molecule has 1 amide bonds. The Kier molecular flexibility index (Phi) is 4.02. The van der Waals surface area contributed by atoms with E-state index in [0.29, 0.717) is 0 Å². The van der Waals surface area contributed by atoms with E-state index in [1.165, 1.54) is 20.5 Å². The maximum atomic E-state index is 11.4. The van der Waals surface area contributed by atoms with Crippen molar-refractivity contribution >= 4 is 43.8 Å². The summed E-state index contributed by atoms with van der Waals surface area (Å²) in [5, 5.41) is 4.54. The van der Waals surface area contributed by atoms with Gasteiger partial charge in [-0.3, -0.25) is 4.79 Å². The van der Waals surface area contributed by atoms with Gasteiger partial charge < -0.3 is 9.80 Å². The van der Waals surface area contributed by atoms with Crippen molar-refractivity contribution in [2.45, 2.75) is 13.8 Å². The van der Waals surface area contributed by atoms with Gasteiger partial charge in [0.25, 0.3) is 0 Å². The minimum atomic E-state index is 0.162. The number of aryl methyl sites for hydroxylation is 1. The van der Waals surface area contributed by atoms with Crippen molar-refractivity contribution in [3.8, 4) is 10.6 Å². The van der Waals surface area contributed by atoms with Crippen LogP contribution in [-0.2, 0) is 4.79 Å². The molecule has 0 radical (unpaired) electrons. The highest BCUT2D eigenvalue weighted by molar-refractivity contribution is 7.23. The summed E-state index contributed by atoms with van der Waals surface area (Å²) in [6.07, 6.45) is 0. The average molecular weight is 358 g/mol. The van der Waals surface area contributed by atoms with Crippen molar-refractivity contribution in [2.24, 2.45) is 0 Å². The van der Waals surface area contributed by atoms with Gasteiger partial charge in [-0.1, -0.05) is 18.2 Å². The van der Waals surface area contributed by atoms with E-state index in [1.54, 1.807) is 18.3 Å². The maximum Gasteiger partial charge on any atom is 0.219 e. The van der Waals surface area contributed by atoms with Gasteiger partial charge in [-0.2, -0.15) is 0 Å². The molecule has 24 heavy (non-hydrogen) atoms. The molecule has 1 aromatic carbocycles. The number of hydrogen-bond donors (Lipinski definition) is 0. The van der Waals surface area contributed by atoms with Gasteiger partial charge in [0.2, 0.25) is 5.91 Å². The van der Waals surface area contributed by atoms with Crippen LogP contribution in [0.4, 0.5) is 5.13 Å². The third-order valence-corrected chi connectivity index (χ3v) is 6.76. The third kappa shape index (κ3) is 2.70. The van der Waals surface area contributed by atoms with Crippen LogP contribution >= 0.6 is 22.7 Å². The summed E-state index contributed by atoms with van der Waals surface area (Å²) in [6, 6.07) is 8.53. The summed E-state index contributed by atoms with van der Waals surface area (Å²) in [4.78, 5) is 21.8. The number of aromatic nitrogens is 1. The lowest BCUT2D eigenvalue weighted by atomic mass is 10.1. The van der Waals surface area contributed by atoms with E-state index in [2.05, 4.69) is 41.5 Å². The Hall–Kier alpha value is -1.92. The first kappa shape index (κ1) is 15.6. The molecule has 0 aliphatic carbocycles. The molecule has 3 aromatic rings. The summed E-state index contributed by atoms with van der Waals surface area (Å²) < 4.78 is 1.31. The summed E-state index contributed by atoms with van der Waals surface area (Å²) in [5.74, 6) is 0.162. The number of carbonyl (C=O) groups is 1. The Bertz CT molecular complexity index is 891. The molecule has 0 saturated carbocycles. The van der Waals surface area contributed by atoms with Crippen molar-refractivity contribution in [1.29, 1.82) is 0 Å². The van der Waals surface area contributed by atoms with Crippen molar-refractivity contribution < 1.29 is 4.79 Å². The van der Waals surface area contributed by atoms with Gasteiger partial charge >= 0.3 is 0 Å². The number of rotatable bonds is 2. The van der Waals surface area contributed by atoms with Crippen LogP contribution in [0.15, 0.2) is 29.6 Å². The van der Waals surface area contributed by atoms with Crippen LogP contribution in [0.25, 0.3) is 20.7 Å². The van der Waals surface area contributed by atoms with Gasteiger partial charge in [0.15, 0.2) is 5.13 Å². The average Bonchev–Trinajstić information content (AvgIpc) is 3.20. The van der Waals surface area contributed by atoms with Crippen molar-refractivity contribution in [3.05, 3.63) is 35.2 Å². The highest BCUT2D eigenvalue weighted by Crippen LogP contribution is 2.39. The van der Waals surface area contributed by atoms with Gasteiger partial charge in [0.05, 0.1) is 10.6 Å². The lowest BCUT2D eigenvalue weighted by Crippen LogP contribution is -2.48. The second-order valence-electron chi connectivity index (χ2n) is 6.06. The number of hydrogen-bond acceptors (Lipinski definition) is 5. The first-order valence-electron chi connectivity index (χ1n) is 8.08. The Morgan fingerprint density at radius 2 is 1.92 bits per heavy atom. The number of carbonyl (C=O) groups excluding carboxylic acids is 1. The normalized spacial score (nSPS) is 15.2. The molecule has 6 heteroatoms. The number of nitrogens with zero attached hydrogens (tertiary/aromatic N) is 3. The molecular weight excluding hydrogens is 338 g/mol. The van der Waals surface area contributed by atoms with Crippen molar-refractivity contribution in [2.75, 3.05) is 31.1 Å².